The first-order valence-corrected chi connectivity index (χ1v) is 7.87. The van der Waals surface area contributed by atoms with Crippen LogP contribution in [0.15, 0.2) is 10.5 Å². The molecule has 0 saturated carbocycles. The van der Waals surface area contributed by atoms with E-state index in [0.29, 0.717) is 25.2 Å². The third-order valence-electron chi connectivity index (χ3n) is 4.04. The Morgan fingerprint density at radius 3 is 2.84 bits per heavy atom. The second kappa shape index (κ2) is 5.33. The van der Waals surface area contributed by atoms with Crippen molar-refractivity contribution in [1.29, 1.82) is 0 Å². The molecule has 0 amide bonds. The molecule has 1 aromatic carbocycles. The average molecular weight is 326 g/mol. The topological polar surface area (TPSA) is 30.5 Å². The molecular formula is C15H20BrNO2. The van der Waals surface area contributed by atoms with Gasteiger partial charge in [-0.3, -0.25) is 0 Å². The van der Waals surface area contributed by atoms with E-state index in [9.17, 15) is 0 Å². The van der Waals surface area contributed by atoms with Crippen LogP contribution in [0.2, 0.25) is 0 Å². The van der Waals surface area contributed by atoms with E-state index in [0.717, 1.165) is 28.9 Å². The molecule has 0 spiro atoms. The lowest BCUT2D eigenvalue weighted by Gasteiger charge is -2.34. The molecule has 4 heteroatoms. The normalized spacial score (nSPS) is 25.0. The number of nitrogens with one attached hydrogen (secondary N) is 1. The third-order valence-corrected chi connectivity index (χ3v) is 4.70. The smallest absolute Gasteiger partial charge is 0.166 e. The van der Waals surface area contributed by atoms with Crippen molar-refractivity contribution in [3.8, 4) is 11.5 Å². The first kappa shape index (κ1) is 13.3. The lowest BCUT2D eigenvalue weighted by molar-refractivity contribution is 0.167. The van der Waals surface area contributed by atoms with Crippen molar-refractivity contribution >= 4 is 15.9 Å². The summed E-state index contributed by atoms with van der Waals surface area (Å²) in [6, 6.07) is 2.45. The summed E-state index contributed by atoms with van der Waals surface area (Å²) >= 11 is 3.72. The average Bonchev–Trinajstić information content (AvgIpc) is 2.41. The summed E-state index contributed by atoms with van der Waals surface area (Å²) < 4.78 is 12.8. The number of hydrogen-bond donors (Lipinski definition) is 1. The molecule has 0 saturated heterocycles. The minimum atomic E-state index is 0.379. The summed E-state index contributed by atoms with van der Waals surface area (Å²) in [7, 11) is 0. The van der Waals surface area contributed by atoms with Crippen LogP contribution < -0.4 is 14.8 Å². The third kappa shape index (κ3) is 2.25. The van der Waals surface area contributed by atoms with Crippen molar-refractivity contribution in [1.82, 2.24) is 5.32 Å². The van der Waals surface area contributed by atoms with E-state index in [1.165, 1.54) is 17.5 Å². The van der Waals surface area contributed by atoms with Gasteiger partial charge < -0.3 is 14.8 Å². The molecule has 1 aliphatic heterocycles. The summed E-state index contributed by atoms with van der Waals surface area (Å²) in [5, 5.41) is 3.58. The van der Waals surface area contributed by atoms with Gasteiger partial charge in [-0.2, -0.15) is 0 Å². The van der Waals surface area contributed by atoms with E-state index in [-0.39, 0.29) is 0 Å². The molecule has 1 N–H and O–H groups in total. The molecule has 3 rings (SSSR count). The molecule has 0 radical (unpaired) electrons. The van der Waals surface area contributed by atoms with Crippen LogP contribution in [0, 0.1) is 0 Å². The molecule has 2 unspecified atom stereocenters. The molecule has 19 heavy (non-hydrogen) atoms. The van der Waals surface area contributed by atoms with Crippen LogP contribution in [-0.4, -0.2) is 19.8 Å². The van der Waals surface area contributed by atoms with Crippen LogP contribution in [0.3, 0.4) is 0 Å². The Morgan fingerprint density at radius 1 is 1.26 bits per heavy atom. The van der Waals surface area contributed by atoms with Gasteiger partial charge in [0.1, 0.15) is 13.2 Å². The maximum Gasteiger partial charge on any atom is 0.166 e. The van der Waals surface area contributed by atoms with Gasteiger partial charge in [-0.15, -0.1) is 0 Å². The minimum absolute atomic E-state index is 0.379. The highest BCUT2D eigenvalue weighted by molar-refractivity contribution is 9.10. The second-order valence-corrected chi connectivity index (χ2v) is 6.15. The van der Waals surface area contributed by atoms with Crippen LogP contribution in [-0.2, 0) is 0 Å². The number of fused-ring (bicyclic) bond motifs is 3. The van der Waals surface area contributed by atoms with Crippen molar-refractivity contribution in [2.24, 2.45) is 0 Å². The van der Waals surface area contributed by atoms with Crippen molar-refractivity contribution in [2.75, 3.05) is 19.8 Å². The van der Waals surface area contributed by atoms with Crippen LogP contribution in [0.25, 0.3) is 0 Å². The molecule has 2 atom stereocenters. The zero-order valence-electron chi connectivity index (χ0n) is 11.5. The molecule has 0 fully saturated rings. The minimum Gasteiger partial charge on any atom is -0.486 e. The van der Waals surface area contributed by atoms with E-state index in [1.807, 2.05) is 0 Å². The fourth-order valence-electron chi connectivity index (χ4n) is 3.20. The lowest BCUT2D eigenvalue weighted by Crippen LogP contribution is -2.28. The molecule has 1 aromatic rings. The molecule has 3 nitrogen and oxygen atoms in total. The van der Waals surface area contributed by atoms with E-state index in [4.69, 9.17) is 9.47 Å². The van der Waals surface area contributed by atoms with Gasteiger partial charge in [-0.1, -0.05) is 29.8 Å². The predicted octanol–water partition coefficient (Wildman–Crippen LogP) is 3.77. The van der Waals surface area contributed by atoms with Gasteiger partial charge in [0.2, 0.25) is 0 Å². The highest BCUT2D eigenvalue weighted by Crippen LogP contribution is 2.50. The molecule has 0 aromatic heterocycles. The lowest BCUT2D eigenvalue weighted by atomic mass is 9.80. The standard InChI is InChI=1S/C15H20BrNO2/c1-3-17-11-5-4-9(2)13-10(16)8-12-15(14(11)13)19-7-6-18-12/h8-9,11,17H,3-7H2,1-2H3. The quantitative estimate of drug-likeness (QED) is 0.897. The maximum absolute atomic E-state index is 5.92. The van der Waals surface area contributed by atoms with Gasteiger partial charge in [0.25, 0.3) is 0 Å². The number of halogens is 1. The molecule has 0 bridgehead atoms. The fraction of sp³-hybridized carbons (Fsp3) is 0.600. The van der Waals surface area contributed by atoms with Gasteiger partial charge in [0.05, 0.1) is 0 Å². The maximum atomic E-state index is 5.92. The van der Waals surface area contributed by atoms with Gasteiger partial charge in [-0.25, -0.2) is 0 Å². The van der Waals surface area contributed by atoms with Crippen molar-refractivity contribution in [3.05, 3.63) is 21.7 Å². The Bertz CT molecular complexity index is 490. The Labute approximate surface area is 122 Å². The summed E-state index contributed by atoms with van der Waals surface area (Å²) in [4.78, 5) is 0. The van der Waals surface area contributed by atoms with Gasteiger partial charge >= 0.3 is 0 Å². The first-order valence-electron chi connectivity index (χ1n) is 7.07. The number of benzene rings is 1. The van der Waals surface area contributed by atoms with Crippen molar-refractivity contribution in [3.63, 3.8) is 0 Å². The zero-order chi connectivity index (χ0) is 13.4. The summed E-state index contributed by atoms with van der Waals surface area (Å²) in [5.74, 6) is 2.41. The molecule has 104 valence electrons. The van der Waals surface area contributed by atoms with Gasteiger partial charge in [0.15, 0.2) is 11.5 Å². The van der Waals surface area contributed by atoms with Crippen LogP contribution in [0.5, 0.6) is 11.5 Å². The van der Waals surface area contributed by atoms with E-state index in [2.05, 4.69) is 41.2 Å². The Kier molecular flexibility index (Phi) is 3.72. The SMILES string of the molecule is CCNC1CCC(C)c2c(Br)cc3c(c21)OCCO3. The van der Waals surface area contributed by atoms with E-state index < -0.39 is 0 Å². The highest BCUT2D eigenvalue weighted by atomic mass is 79.9. The highest BCUT2D eigenvalue weighted by Gasteiger charge is 2.32. The first-order chi connectivity index (χ1) is 9.22. The number of rotatable bonds is 2. The fourth-order valence-corrected chi connectivity index (χ4v) is 4.01. The Hall–Kier alpha value is -0.740. The zero-order valence-corrected chi connectivity index (χ0v) is 13.0. The molecule has 2 aliphatic rings. The Balaban J connectivity index is 2.16. The van der Waals surface area contributed by atoms with E-state index >= 15 is 0 Å². The van der Waals surface area contributed by atoms with Crippen molar-refractivity contribution < 1.29 is 9.47 Å². The second-order valence-electron chi connectivity index (χ2n) is 5.30. The molecule has 1 heterocycles. The monoisotopic (exact) mass is 325 g/mol. The van der Waals surface area contributed by atoms with Gasteiger partial charge in [-0.05, 0) is 36.9 Å². The predicted molar refractivity (Wildman–Crippen MR) is 79.2 cm³/mol. The van der Waals surface area contributed by atoms with Crippen LogP contribution >= 0.6 is 15.9 Å². The van der Waals surface area contributed by atoms with Crippen LogP contribution in [0.4, 0.5) is 0 Å². The molecular weight excluding hydrogens is 306 g/mol. The summed E-state index contributed by atoms with van der Waals surface area (Å²) in [6.07, 6.45) is 2.37. The largest absolute Gasteiger partial charge is 0.486 e. The molecule has 1 aliphatic carbocycles. The summed E-state index contributed by atoms with van der Waals surface area (Å²) in [5.41, 5.74) is 2.70. The Morgan fingerprint density at radius 2 is 2.05 bits per heavy atom. The van der Waals surface area contributed by atoms with Crippen molar-refractivity contribution in [2.45, 2.75) is 38.6 Å². The summed E-state index contributed by atoms with van der Waals surface area (Å²) in [6.45, 7) is 6.70. The number of hydrogen-bond acceptors (Lipinski definition) is 3. The van der Waals surface area contributed by atoms with Crippen LogP contribution in [0.1, 0.15) is 49.8 Å². The van der Waals surface area contributed by atoms with Gasteiger partial charge in [0, 0.05) is 16.1 Å². The van der Waals surface area contributed by atoms with E-state index in [1.54, 1.807) is 0 Å². The number of ether oxygens (including phenoxy) is 2.